The Kier molecular flexibility index (Phi) is 9.66. The molecule has 3 rings (SSSR count). The van der Waals surface area contributed by atoms with Gasteiger partial charge in [-0.05, 0) is 36.1 Å². The number of hydrogen-bond acceptors (Lipinski definition) is 2. The van der Waals surface area contributed by atoms with E-state index in [2.05, 4.69) is 51.9 Å². The molecule has 7 heteroatoms. The molecule has 0 radical (unpaired) electrons. The number of H-pyrrole nitrogens is 1. The molecule has 0 fully saturated rings. The van der Waals surface area contributed by atoms with Gasteiger partial charge in [-0.25, -0.2) is 0 Å². The summed E-state index contributed by atoms with van der Waals surface area (Å²) in [6, 6.07) is 16.0. The minimum atomic E-state index is -1.00. The molecule has 0 aliphatic heterocycles. The highest BCUT2D eigenvalue weighted by molar-refractivity contribution is 14.0. The molecule has 1 aromatic heterocycles. The lowest BCUT2D eigenvalue weighted by atomic mass is 10.1. The van der Waals surface area contributed by atoms with Gasteiger partial charge in [0.25, 0.3) is 0 Å². The molecule has 2 aromatic carbocycles. The molecule has 0 saturated carbocycles. The van der Waals surface area contributed by atoms with Gasteiger partial charge in [0.2, 0.25) is 0 Å². The van der Waals surface area contributed by atoms with Crippen LogP contribution in [0.1, 0.15) is 18.1 Å². The Labute approximate surface area is 192 Å². The Bertz CT molecular complexity index is 956. The van der Waals surface area contributed by atoms with Crippen molar-refractivity contribution in [3.05, 3.63) is 65.9 Å². The number of aliphatic imine (C=N–C) groups is 1. The van der Waals surface area contributed by atoms with Gasteiger partial charge in [0.15, 0.2) is 5.96 Å². The van der Waals surface area contributed by atoms with E-state index in [1.807, 2.05) is 30.3 Å². The van der Waals surface area contributed by atoms with E-state index >= 15 is 0 Å². The number of benzene rings is 2. The zero-order chi connectivity index (χ0) is 19.8. The zero-order valence-corrected chi connectivity index (χ0v) is 20.1. The number of para-hydroxylation sites is 1. The second-order valence-electron chi connectivity index (χ2n) is 6.55. The van der Waals surface area contributed by atoms with Crippen molar-refractivity contribution < 1.29 is 4.21 Å². The van der Waals surface area contributed by atoms with E-state index in [1.165, 1.54) is 22.0 Å². The zero-order valence-electron chi connectivity index (χ0n) is 16.9. The third-order valence-electron chi connectivity index (χ3n) is 4.76. The van der Waals surface area contributed by atoms with E-state index in [4.69, 9.17) is 0 Å². The average molecular weight is 524 g/mol. The van der Waals surface area contributed by atoms with Crippen molar-refractivity contribution in [2.24, 2.45) is 4.99 Å². The highest BCUT2D eigenvalue weighted by Gasteiger charge is 2.07. The van der Waals surface area contributed by atoms with Crippen molar-refractivity contribution in [1.82, 2.24) is 15.6 Å². The number of fused-ring (bicyclic) bond motifs is 1. The highest BCUT2D eigenvalue weighted by Crippen LogP contribution is 2.22. The lowest BCUT2D eigenvalue weighted by Gasteiger charge is -2.11. The van der Waals surface area contributed by atoms with Crippen molar-refractivity contribution in [2.45, 2.75) is 24.7 Å². The molecule has 156 valence electrons. The van der Waals surface area contributed by atoms with Crippen molar-refractivity contribution in [3.8, 4) is 0 Å². The maximum atomic E-state index is 12.3. The van der Waals surface area contributed by atoms with Crippen LogP contribution in [0.15, 0.2) is 64.6 Å². The van der Waals surface area contributed by atoms with Gasteiger partial charge >= 0.3 is 0 Å². The van der Waals surface area contributed by atoms with Crippen LogP contribution in [0.3, 0.4) is 0 Å². The number of halogens is 1. The van der Waals surface area contributed by atoms with E-state index in [1.54, 1.807) is 7.05 Å². The molecule has 29 heavy (non-hydrogen) atoms. The number of rotatable bonds is 8. The summed E-state index contributed by atoms with van der Waals surface area (Å²) in [5, 5.41) is 7.88. The lowest BCUT2D eigenvalue weighted by molar-refractivity contribution is 0.681. The average Bonchev–Trinajstić information content (AvgIpc) is 3.16. The molecule has 5 nitrogen and oxygen atoms in total. The summed E-state index contributed by atoms with van der Waals surface area (Å²) in [6.07, 6.45) is 4.03. The summed E-state index contributed by atoms with van der Waals surface area (Å²) in [5.41, 5.74) is 3.89. The fourth-order valence-corrected chi connectivity index (χ4v) is 4.25. The van der Waals surface area contributed by atoms with E-state index in [-0.39, 0.29) is 24.0 Å². The van der Waals surface area contributed by atoms with Crippen molar-refractivity contribution in [1.29, 1.82) is 0 Å². The molecule has 3 N–H and O–H groups in total. The summed E-state index contributed by atoms with van der Waals surface area (Å²) in [6.45, 7) is 3.57. The van der Waals surface area contributed by atoms with Crippen LogP contribution in [-0.2, 0) is 23.6 Å². The maximum Gasteiger partial charge on any atom is 0.191 e. The van der Waals surface area contributed by atoms with Crippen LogP contribution in [0.25, 0.3) is 10.9 Å². The van der Waals surface area contributed by atoms with E-state index in [0.717, 1.165) is 30.2 Å². The number of aryl methyl sites for hydroxylation is 1. The van der Waals surface area contributed by atoms with Gasteiger partial charge in [0.1, 0.15) is 0 Å². The van der Waals surface area contributed by atoms with Crippen LogP contribution in [0.4, 0.5) is 0 Å². The van der Waals surface area contributed by atoms with E-state index < -0.39 is 10.8 Å². The van der Waals surface area contributed by atoms with Gasteiger partial charge in [-0.2, -0.15) is 0 Å². The first-order valence-electron chi connectivity index (χ1n) is 9.68. The molecule has 0 spiro atoms. The summed E-state index contributed by atoms with van der Waals surface area (Å²) in [5.74, 6) is 1.28. The van der Waals surface area contributed by atoms with Gasteiger partial charge in [-0.3, -0.25) is 9.20 Å². The molecular weight excluding hydrogens is 495 g/mol. The predicted octanol–water partition coefficient (Wildman–Crippen LogP) is 3.86. The van der Waals surface area contributed by atoms with Crippen molar-refractivity contribution in [3.63, 3.8) is 0 Å². The monoisotopic (exact) mass is 524 g/mol. The van der Waals surface area contributed by atoms with Crippen LogP contribution in [0.2, 0.25) is 0 Å². The minimum absolute atomic E-state index is 0. The lowest BCUT2D eigenvalue weighted by Crippen LogP contribution is -2.40. The number of nitrogens with one attached hydrogen (secondary N) is 3. The minimum Gasteiger partial charge on any atom is -0.361 e. The fourth-order valence-electron chi connectivity index (χ4n) is 3.27. The maximum absolute atomic E-state index is 12.3. The molecule has 0 aliphatic rings. The quantitative estimate of drug-likeness (QED) is 0.238. The fraction of sp³-hybridized carbons (Fsp3) is 0.318. The number of hydrogen-bond donors (Lipinski definition) is 3. The largest absolute Gasteiger partial charge is 0.361 e. The summed E-state index contributed by atoms with van der Waals surface area (Å²) < 4.78 is 12.3. The van der Waals surface area contributed by atoms with Crippen molar-refractivity contribution >= 4 is 51.6 Å². The Morgan fingerprint density at radius 3 is 2.52 bits per heavy atom. The molecule has 0 bridgehead atoms. The van der Waals surface area contributed by atoms with E-state index in [0.29, 0.717) is 12.3 Å². The molecule has 1 atom stereocenters. The molecule has 1 unspecified atom stereocenters. The Morgan fingerprint density at radius 2 is 1.79 bits per heavy atom. The van der Waals surface area contributed by atoms with Crippen molar-refractivity contribution in [2.75, 3.05) is 25.9 Å². The topological polar surface area (TPSA) is 69.3 Å². The van der Waals surface area contributed by atoms with E-state index in [9.17, 15) is 4.21 Å². The summed E-state index contributed by atoms with van der Waals surface area (Å²) in [4.78, 5) is 8.53. The smallest absolute Gasteiger partial charge is 0.191 e. The van der Waals surface area contributed by atoms with Crippen LogP contribution in [0, 0.1) is 0 Å². The SMILES string of the molecule is CCc1cccc2c(CCNC(=NC)NCCS(=O)c3ccccc3)c[nH]c12.I. The third kappa shape index (κ3) is 6.30. The van der Waals surface area contributed by atoms with Crippen LogP contribution in [0.5, 0.6) is 0 Å². The standard InChI is InChI=1S/C22H28N4OS.HI/c1-3-17-8-7-11-20-18(16-26-21(17)20)12-13-24-22(23-2)25-14-15-28(27)19-9-5-4-6-10-19;/h4-11,16,26H,3,12-15H2,1-2H3,(H2,23,24,25);1H. The number of guanidine groups is 1. The predicted molar refractivity (Wildman–Crippen MR) is 134 cm³/mol. The number of nitrogens with zero attached hydrogens (tertiary/aromatic N) is 1. The van der Waals surface area contributed by atoms with Gasteiger partial charge in [0, 0.05) is 47.9 Å². The Balaban J connectivity index is 0.00000300. The second-order valence-corrected chi connectivity index (χ2v) is 8.12. The van der Waals surface area contributed by atoms with Crippen LogP contribution >= 0.6 is 24.0 Å². The van der Waals surface area contributed by atoms with Gasteiger partial charge in [0.05, 0.1) is 10.8 Å². The Hall–Kier alpha value is -1.87. The number of aromatic amines is 1. The van der Waals surface area contributed by atoms with Crippen LogP contribution in [-0.4, -0.2) is 41.0 Å². The molecule has 0 saturated heterocycles. The third-order valence-corrected chi connectivity index (χ3v) is 6.14. The second kappa shape index (κ2) is 12.0. The van der Waals surface area contributed by atoms with Gasteiger partial charge in [-0.15, -0.1) is 24.0 Å². The highest BCUT2D eigenvalue weighted by atomic mass is 127. The molecule has 3 aromatic rings. The normalized spacial score (nSPS) is 12.4. The van der Waals surface area contributed by atoms with Gasteiger partial charge < -0.3 is 15.6 Å². The molecule has 0 aliphatic carbocycles. The molecule has 0 amide bonds. The Morgan fingerprint density at radius 1 is 1.03 bits per heavy atom. The molecular formula is C22H29IN4OS. The summed E-state index contributed by atoms with van der Waals surface area (Å²) >= 11 is 0. The number of aromatic nitrogens is 1. The molecule has 1 heterocycles. The first-order chi connectivity index (χ1) is 13.7. The van der Waals surface area contributed by atoms with Crippen LogP contribution < -0.4 is 10.6 Å². The first-order valence-corrected chi connectivity index (χ1v) is 11.0. The van der Waals surface area contributed by atoms with Gasteiger partial charge in [-0.1, -0.05) is 43.3 Å². The first kappa shape index (κ1) is 23.4. The summed E-state index contributed by atoms with van der Waals surface area (Å²) in [7, 11) is 0.752.